The number of aliphatic hydroxyl groups excluding tert-OH is 1. The van der Waals surface area contributed by atoms with E-state index in [0.29, 0.717) is 0 Å². The topological polar surface area (TPSA) is 46.5 Å². The van der Waals surface area contributed by atoms with Gasteiger partial charge in [0.15, 0.2) is 0 Å². The average molecular weight is 198 g/mol. The number of rotatable bonds is 2. The molecule has 0 aromatic carbocycles. The van der Waals surface area contributed by atoms with Gasteiger partial charge in [-0.3, -0.25) is 4.79 Å². The van der Waals surface area contributed by atoms with E-state index in [9.17, 15) is 9.90 Å². The molecule has 1 fully saturated rings. The molecule has 0 aliphatic carbocycles. The first-order valence-corrected chi connectivity index (χ1v) is 4.87. The minimum atomic E-state index is -0.651. The maximum Gasteiger partial charge on any atom is 0.316 e. The summed E-state index contributed by atoms with van der Waals surface area (Å²) in [5, 5.41) is 9.45. The van der Waals surface area contributed by atoms with Crippen molar-refractivity contribution in [2.24, 2.45) is 11.3 Å². The van der Waals surface area contributed by atoms with Gasteiger partial charge in [-0.1, -0.05) is 19.1 Å². The Bertz CT molecular complexity index is 270. The van der Waals surface area contributed by atoms with Crippen LogP contribution in [0.25, 0.3) is 0 Å². The Kier molecular flexibility index (Phi) is 2.72. The van der Waals surface area contributed by atoms with Crippen LogP contribution >= 0.6 is 0 Å². The molecule has 80 valence electrons. The second-order valence-electron chi connectivity index (χ2n) is 4.38. The molecule has 1 heterocycles. The van der Waals surface area contributed by atoms with E-state index in [1.54, 1.807) is 6.92 Å². The van der Waals surface area contributed by atoms with Crippen molar-refractivity contribution in [3.8, 4) is 0 Å². The van der Waals surface area contributed by atoms with E-state index in [1.165, 1.54) is 0 Å². The van der Waals surface area contributed by atoms with Crippen LogP contribution in [0.1, 0.15) is 27.7 Å². The highest BCUT2D eigenvalue weighted by molar-refractivity contribution is 5.82. The lowest BCUT2D eigenvalue weighted by molar-refractivity contribution is -0.149. The van der Waals surface area contributed by atoms with Crippen molar-refractivity contribution < 1.29 is 14.6 Å². The van der Waals surface area contributed by atoms with Crippen molar-refractivity contribution >= 4 is 5.97 Å². The Morgan fingerprint density at radius 3 is 2.43 bits per heavy atom. The Morgan fingerprint density at radius 2 is 2.21 bits per heavy atom. The Morgan fingerprint density at radius 1 is 1.71 bits per heavy atom. The monoisotopic (exact) mass is 198 g/mol. The predicted octanol–water partition coefficient (Wildman–Crippen LogP) is 1.51. The highest BCUT2D eigenvalue weighted by Gasteiger charge is 2.53. The van der Waals surface area contributed by atoms with Crippen LogP contribution in [0.2, 0.25) is 0 Å². The van der Waals surface area contributed by atoms with E-state index >= 15 is 0 Å². The van der Waals surface area contributed by atoms with Crippen LogP contribution in [0.3, 0.4) is 0 Å². The molecule has 1 aliphatic rings. The molecule has 1 N–H and O–H groups in total. The van der Waals surface area contributed by atoms with Gasteiger partial charge >= 0.3 is 5.97 Å². The number of carbonyl (C=O) groups is 1. The summed E-state index contributed by atoms with van der Waals surface area (Å²) < 4.78 is 5.16. The molecule has 0 amide bonds. The van der Waals surface area contributed by atoms with E-state index in [-0.39, 0.29) is 11.9 Å². The lowest BCUT2D eigenvalue weighted by Gasteiger charge is -2.26. The molecule has 0 spiro atoms. The van der Waals surface area contributed by atoms with Crippen LogP contribution in [0.4, 0.5) is 0 Å². The smallest absolute Gasteiger partial charge is 0.316 e. The van der Waals surface area contributed by atoms with Gasteiger partial charge in [-0.2, -0.15) is 0 Å². The number of ether oxygens (including phenoxy) is 1. The van der Waals surface area contributed by atoms with E-state index in [2.05, 4.69) is 6.58 Å². The number of carbonyl (C=O) groups excluding carboxylic acids is 1. The zero-order valence-corrected chi connectivity index (χ0v) is 9.20. The highest BCUT2D eigenvalue weighted by atomic mass is 16.6. The Balaban J connectivity index is 3.02. The molecule has 3 nitrogen and oxygen atoms in total. The minimum Gasteiger partial charge on any atom is -0.459 e. The summed E-state index contributed by atoms with van der Waals surface area (Å²) in [6.45, 7) is 11.0. The van der Waals surface area contributed by atoms with Gasteiger partial charge in [0.1, 0.15) is 6.10 Å². The van der Waals surface area contributed by atoms with Gasteiger partial charge in [0.25, 0.3) is 0 Å². The van der Waals surface area contributed by atoms with Crippen LogP contribution < -0.4 is 0 Å². The normalized spacial score (nSPS) is 39.4. The molecular formula is C11H18O3. The third-order valence-corrected chi connectivity index (χ3v) is 3.43. The van der Waals surface area contributed by atoms with E-state index in [0.717, 1.165) is 5.57 Å². The summed E-state index contributed by atoms with van der Waals surface area (Å²) in [5.41, 5.74) is 0.139. The molecule has 14 heavy (non-hydrogen) atoms. The van der Waals surface area contributed by atoms with Gasteiger partial charge in [-0.05, 0) is 20.8 Å². The highest BCUT2D eigenvalue weighted by Crippen LogP contribution is 2.45. The Labute approximate surface area is 84.8 Å². The van der Waals surface area contributed by atoms with Crippen molar-refractivity contribution in [2.75, 3.05) is 0 Å². The first-order chi connectivity index (χ1) is 6.31. The van der Waals surface area contributed by atoms with Gasteiger partial charge in [0, 0.05) is 5.92 Å². The maximum atomic E-state index is 11.7. The average Bonchev–Trinajstić information content (AvgIpc) is 2.30. The molecule has 4 atom stereocenters. The van der Waals surface area contributed by atoms with Crippen LogP contribution in [-0.4, -0.2) is 23.3 Å². The molecule has 0 radical (unpaired) electrons. The molecule has 1 aliphatic heterocycles. The molecule has 0 aromatic heterocycles. The summed E-state index contributed by atoms with van der Waals surface area (Å²) in [5.74, 6) is -0.309. The second-order valence-corrected chi connectivity index (χ2v) is 4.38. The van der Waals surface area contributed by atoms with Gasteiger partial charge in [-0.25, -0.2) is 0 Å². The Hall–Kier alpha value is -0.830. The van der Waals surface area contributed by atoms with Crippen molar-refractivity contribution in [2.45, 2.75) is 39.9 Å². The second kappa shape index (κ2) is 3.39. The van der Waals surface area contributed by atoms with Gasteiger partial charge < -0.3 is 9.84 Å². The molecule has 0 unspecified atom stereocenters. The fourth-order valence-electron chi connectivity index (χ4n) is 1.94. The van der Waals surface area contributed by atoms with Crippen molar-refractivity contribution in [3.05, 3.63) is 12.2 Å². The third-order valence-electron chi connectivity index (χ3n) is 3.43. The lowest BCUT2D eigenvalue weighted by atomic mass is 9.72. The van der Waals surface area contributed by atoms with E-state index in [1.807, 2.05) is 20.8 Å². The molecule has 0 saturated carbocycles. The zero-order chi connectivity index (χ0) is 11.1. The number of aliphatic hydroxyl groups is 1. The molecule has 0 aromatic rings. The summed E-state index contributed by atoms with van der Waals surface area (Å²) in [7, 11) is 0. The van der Waals surface area contributed by atoms with E-state index in [4.69, 9.17) is 4.74 Å². The fraction of sp³-hybridized carbons (Fsp3) is 0.727. The molecule has 1 saturated heterocycles. The zero-order valence-electron chi connectivity index (χ0n) is 9.20. The number of hydrogen-bond acceptors (Lipinski definition) is 3. The lowest BCUT2D eigenvalue weighted by Crippen LogP contribution is -2.34. The van der Waals surface area contributed by atoms with Crippen LogP contribution in [0, 0.1) is 11.3 Å². The summed E-state index contributed by atoms with van der Waals surface area (Å²) in [6, 6.07) is 0. The van der Waals surface area contributed by atoms with Crippen LogP contribution in [0.15, 0.2) is 12.2 Å². The predicted molar refractivity (Wildman–Crippen MR) is 53.6 cm³/mol. The van der Waals surface area contributed by atoms with Gasteiger partial charge in [0.2, 0.25) is 0 Å². The largest absolute Gasteiger partial charge is 0.459 e. The van der Waals surface area contributed by atoms with Crippen molar-refractivity contribution in [1.29, 1.82) is 0 Å². The minimum absolute atomic E-state index is 0.0347. The first kappa shape index (κ1) is 11.2. The SMILES string of the molecule is C=C(C)[C@@]1(C)C(=O)O[C@@H]([C@H](C)O)[C@H]1C. The quantitative estimate of drug-likeness (QED) is 0.540. The van der Waals surface area contributed by atoms with Crippen LogP contribution in [0.5, 0.6) is 0 Å². The van der Waals surface area contributed by atoms with Gasteiger partial charge in [-0.15, -0.1) is 0 Å². The van der Waals surface area contributed by atoms with Crippen molar-refractivity contribution in [3.63, 3.8) is 0 Å². The molecule has 3 heteroatoms. The number of hydrogen-bond donors (Lipinski definition) is 1. The fourth-order valence-corrected chi connectivity index (χ4v) is 1.94. The maximum absolute atomic E-state index is 11.7. The van der Waals surface area contributed by atoms with Crippen LogP contribution in [-0.2, 0) is 9.53 Å². The summed E-state index contributed by atoms with van der Waals surface area (Å²) in [4.78, 5) is 11.7. The number of cyclic esters (lactones) is 1. The molecule has 1 rings (SSSR count). The molecular weight excluding hydrogens is 180 g/mol. The van der Waals surface area contributed by atoms with Gasteiger partial charge in [0.05, 0.1) is 11.5 Å². The van der Waals surface area contributed by atoms with Crippen molar-refractivity contribution in [1.82, 2.24) is 0 Å². The third kappa shape index (κ3) is 1.36. The molecule has 0 bridgehead atoms. The summed E-state index contributed by atoms with van der Waals surface area (Å²) in [6.07, 6.45) is -1.04. The van der Waals surface area contributed by atoms with E-state index < -0.39 is 17.6 Å². The summed E-state index contributed by atoms with van der Waals surface area (Å²) >= 11 is 0. The first-order valence-electron chi connectivity index (χ1n) is 4.87. The number of esters is 1. The standard InChI is InChI=1S/C11H18O3/c1-6(2)11(5)7(3)9(8(4)12)14-10(11)13/h7-9,12H,1H2,2-5H3/t7-,8+,9-,11-/m1/s1.